The lowest BCUT2D eigenvalue weighted by molar-refractivity contribution is 0.314. The van der Waals surface area contributed by atoms with Crippen LogP contribution in [0.3, 0.4) is 0 Å². The first-order valence-electron chi connectivity index (χ1n) is 6.69. The van der Waals surface area contributed by atoms with E-state index in [1.165, 1.54) is 11.6 Å². The largest absolute Gasteiger partial charge is 0.316 e. The molecule has 0 unspecified atom stereocenters. The van der Waals surface area contributed by atoms with Crippen LogP contribution in [0.25, 0.3) is 0 Å². The average Bonchev–Trinajstić information content (AvgIpc) is 2.41. The fourth-order valence-corrected chi connectivity index (χ4v) is 2.14. The van der Waals surface area contributed by atoms with Crippen molar-refractivity contribution >= 4 is 0 Å². The summed E-state index contributed by atoms with van der Waals surface area (Å²) >= 11 is 0. The summed E-state index contributed by atoms with van der Waals surface area (Å²) in [6.07, 6.45) is 1.89. The number of aromatic nitrogens is 1. The van der Waals surface area contributed by atoms with Gasteiger partial charge in [-0.05, 0) is 43.4 Å². The number of halogens is 1. The maximum Gasteiger partial charge on any atom is 0.123 e. The topological polar surface area (TPSA) is 28.2 Å². The van der Waals surface area contributed by atoms with E-state index in [4.69, 9.17) is 0 Å². The van der Waals surface area contributed by atoms with E-state index in [0.29, 0.717) is 6.54 Å². The number of pyridine rings is 1. The van der Waals surface area contributed by atoms with Crippen molar-refractivity contribution in [3.63, 3.8) is 0 Å². The van der Waals surface area contributed by atoms with Gasteiger partial charge in [0.05, 0.1) is 5.69 Å². The SMILES string of the molecule is CNCc1ccc(CN(C)Cc2cccc(F)c2)nc1. The van der Waals surface area contributed by atoms with Crippen LogP contribution in [0, 0.1) is 5.82 Å². The molecule has 0 saturated heterocycles. The molecule has 1 heterocycles. The monoisotopic (exact) mass is 273 g/mol. The molecule has 0 aliphatic heterocycles. The molecule has 0 fully saturated rings. The van der Waals surface area contributed by atoms with E-state index >= 15 is 0 Å². The molecule has 0 radical (unpaired) electrons. The van der Waals surface area contributed by atoms with Crippen LogP contribution in [0.15, 0.2) is 42.6 Å². The van der Waals surface area contributed by atoms with Gasteiger partial charge >= 0.3 is 0 Å². The number of benzene rings is 1. The summed E-state index contributed by atoms with van der Waals surface area (Å²) in [5.41, 5.74) is 3.16. The maximum atomic E-state index is 13.1. The molecule has 106 valence electrons. The Morgan fingerprint density at radius 2 is 2.00 bits per heavy atom. The molecule has 1 aromatic heterocycles. The molecule has 1 aromatic carbocycles. The van der Waals surface area contributed by atoms with Gasteiger partial charge in [-0.25, -0.2) is 4.39 Å². The van der Waals surface area contributed by atoms with Crippen LogP contribution in [-0.2, 0) is 19.6 Å². The van der Waals surface area contributed by atoms with Crippen LogP contribution in [-0.4, -0.2) is 24.0 Å². The fourth-order valence-electron chi connectivity index (χ4n) is 2.14. The smallest absolute Gasteiger partial charge is 0.123 e. The zero-order valence-corrected chi connectivity index (χ0v) is 11.9. The quantitative estimate of drug-likeness (QED) is 0.877. The Morgan fingerprint density at radius 3 is 2.65 bits per heavy atom. The number of hydrogen-bond donors (Lipinski definition) is 1. The molecule has 20 heavy (non-hydrogen) atoms. The second kappa shape index (κ2) is 7.12. The van der Waals surface area contributed by atoms with Gasteiger partial charge < -0.3 is 5.32 Å². The van der Waals surface area contributed by atoms with Gasteiger partial charge in [0.2, 0.25) is 0 Å². The number of hydrogen-bond acceptors (Lipinski definition) is 3. The Balaban J connectivity index is 1.92. The first-order valence-corrected chi connectivity index (χ1v) is 6.69. The lowest BCUT2D eigenvalue weighted by Crippen LogP contribution is -2.18. The van der Waals surface area contributed by atoms with Crippen LogP contribution in [0.2, 0.25) is 0 Å². The zero-order chi connectivity index (χ0) is 14.4. The summed E-state index contributed by atoms with van der Waals surface area (Å²) in [5, 5.41) is 3.10. The Hall–Kier alpha value is -1.78. The number of nitrogens with zero attached hydrogens (tertiary/aromatic N) is 2. The highest BCUT2D eigenvalue weighted by Crippen LogP contribution is 2.09. The molecular formula is C16H20FN3. The third-order valence-electron chi connectivity index (χ3n) is 3.04. The standard InChI is InChI=1S/C16H20FN3/c1-18-9-14-6-7-16(19-10-14)12-20(2)11-13-4-3-5-15(17)8-13/h3-8,10,18H,9,11-12H2,1-2H3. The van der Waals surface area contributed by atoms with Gasteiger partial charge in [0, 0.05) is 25.8 Å². The van der Waals surface area contributed by atoms with Crippen molar-refractivity contribution in [2.24, 2.45) is 0 Å². The van der Waals surface area contributed by atoms with Crippen LogP contribution in [0.4, 0.5) is 4.39 Å². The first-order chi connectivity index (χ1) is 9.67. The van der Waals surface area contributed by atoms with Crippen LogP contribution in [0.5, 0.6) is 0 Å². The van der Waals surface area contributed by atoms with Gasteiger partial charge in [-0.3, -0.25) is 9.88 Å². The predicted octanol–water partition coefficient (Wildman–Crippen LogP) is 2.57. The lowest BCUT2D eigenvalue weighted by atomic mass is 10.2. The van der Waals surface area contributed by atoms with Crippen LogP contribution in [0.1, 0.15) is 16.8 Å². The highest BCUT2D eigenvalue weighted by Gasteiger charge is 2.04. The molecule has 0 aliphatic carbocycles. The molecule has 0 aliphatic rings. The molecule has 2 aromatic rings. The Labute approximate surface area is 119 Å². The summed E-state index contributed by atoms with van der Waals surface area (Å²) in [6, 6.07) is 10.8. The molecule has 0 amide bonds. The first kappa shape index (κ1) is 14.6. The van der Waals surface area contributed by atoms with Gasteiger partial charge in [-0.15, -0.1) is 0 Å². The lowest BCUT2D eigenvalue weighted by Gasteiger charge is -2.16. The predicted molar refractivity (Wildman–Crippen MR) is 78.6 cm³/mol. The molecule has 0 bridgehead atoms. The van der Waals surface area contributed by atoms with Crippen molar-refractivity contribution in [1.82, 2.24) is 15.2 Å². The minimum Gasteiger partial charge on any atom is -0.316 e. The fraction of sp³-hybridized carbons (Fsp3) is 0.312. The molecule has 1 N–H and O–H groups in total. The Bertz CT molecular complexity index is 540. The van der Waals surface area contributed by atoms with Gasteiger partial charge in [0.15, 0.2) is 0 Å². The van der Waals surface area contributed by atoms with Crippen LogP contribution < -0.4 is 5.32 Å². The van der Waals surface area contributed by atoms with E-state index in [1.807, 2.05) is 32.4 Å². The zero-order valence-electron chi connectivity index (χ0n) is 11.9. The third kappa shape index (κ3) is 4.40. The molecule has 0 atom stereocenters. The third-order valence-corrected chi connectivity index (χ3v) is 3.04. The summed E-state index contributed by atoms with van der Waals surface area (Å²) in [5.74, 6) is -0.189. The second-order valence-corrected chi connectivity index (χ2v) is 4.99. The van der Waals surface area contributed by atoms with Gasteiger partial charge in [0.25, 0.3) is 0 Å². The van der Waals surface area contributed by atoms with Crippen molar-refractivity contribution in [1.29, 1.82) is 0 Å². The van der Waals surface area contributed by atoms with E-state index in [-0.39, 0.29) is 5.82 Å². The molecule has 0 spiro atoms. The molecule has 2 rings (SSSR count). The molecule has 0 saturated carbocycles. The Morgan fingerprint density at radius 1 is 1.15 bits per heavy atom. The normalized spacial score (nSPS) is 11.0. The van der Waals surface area contributed by atoms with Gasteiger partial charge in [-0.1, -0.05) is 18.2 Å². The Kier molecular flexibility index (Phi) is 5.21. The van der Waals surface area contributed by atoms with E-state index in [0.717, 1.165) is 24.3 Å². The summed E-state index contributed by atoms with van der Waals surface area (Å²) in [7, 11) is 3.93. The second-order valence-electron chi connectivity index (χ2n) is 4.99. The summed E-state index contributed by atoms with van der Waals surface area (Å²) in [4.78, 5) is 6.56. The minimum absolute atomic E-state index is 0.189. The highest BCUT2D eigenvalue weighted by atomic mass is 19.1. The van der Waals surface area contributed by atoms with Gasteiger partial charge in [-0.2, -0.15) is 0 Å². The van der Waals surface area contributed by atoms with E-state index in [1.54, 1.807) is 12.1 Å². The molecular weight excluding hydrogens is 253 g/mol. The number of rotatable bonds is 6. The number of nitrogens with one attached hydrogen (secondary N) is 1. The maximum absolute atomic E-state index is 13.1. The summed E-state index contributed by atoms with van der Waals surface area (Å²) < 4.78 is 13.1. The van der Waals surface area contributed by atoms with E-state index < -0.39 is 0 Å². The van der Waals surface area contributed by atoms with Crippen molar-refractivity contribution in [2.45, 2.75) is 19.6 Å². The van der Waals surface area contributed by atoms with Gasteiger partial charge in [0.1, 0.15) is 5.82 Å². The van der Waals surface area contributed by atoms with Crippen LogP contribution >= 0.6 is 0 Å². The minimum atomic E-state index is -0.189. The van der Waals surface area contributed by atoms with Crippen molar-refractivity contribution < 1.29 is 4.39 Å². The summed E-state index contributed by atoms with van der Waals surface area (Å²) in [6.45, 7) is 2.28. The van der Waals surface area contributed by atoms with Crippen molar-refractivity contribution in [3.05, 3.63) is 65.2 Å². The average molecular weight is 273 g/mol. The van der Waals surface area contributed by atoms with Crippen molar-refractivity contribution in [2.75, 3.05) is 14.1 Å². The highest BCUT2D eigenvalue weighted by molar-refractivity contribution is 5.17. The van der Waals surface area contributed by atoms with Crippen molar-refractivity contribution in [3.8, 4) is 0 Å². The van der Waals surface area contributed by atoms with E-state index in [2.05, 4.69) is 21.3 Å². The molecule has 4 heteroatoms. The molecule has 3 nitrogen and oxygen atoms in total. The van der Waals surface area contributed by atoms with E-state index in [9.17, 15) is 4.39 Å².